The van der Waals surface area contributed by atoms with Crippen LogP contribution in [0.4, 0.5) is 11.4 Å². The van der Waals surface area contributed by atoms with Gasteiger partial charge in [0, 0.05) is 52.8 Å². The van der Waals surface area contributed by atoms with Gasteiger partial charge in [0.05, 0.1) is 22.5 Å². The van der Waals surface area contributed by atoms with Crippen molar-refractivity contribution in [1.82, 2.24) is 0 Å². The molecule has 68 heavy (non-hydrogen) atoms. The quantitative estimate of drug-likeness (QED) is 0.0403. The summed E-state index contributed by atoms with van der Waals surface area (Å²) in [7, 11) is 0. The molecule has 2 aliphatic heterocycles. The molecule has 8 heteroatoms. The number of anilines is 2. The largest absolute Gasteiger partial charge is 0.307 e. The Kier molecular flexibility index (Phi) is 23.2. The van der Waals surface area contributed by atoms with Crippen LogP contribution in [0.3, 0.4) is 0 Å². The first-order valence-electron chi connectivity index (χ1n) is 27.3. The van der Waals surface area contributed by atoms with Crippen molar-refractivity contribution in [2.75, 3.05) is 22.9 Å². The minimum atomic E-state index is 0.127. The van der Waals surface area contributed by atoms with E-state index in [1.807, 2.05) is 13.8 Å². The van der Waals surface area contributed by atoms with Crippen LogP contribution in [0.15, 0.2) is 71.4 Å². The molecule has 0 saturated heterocycles. The predicted octanol–water partition coefficient (Wildman–Crippen LogP) is 18.1. The van der Waals surface area contributed by atoms with Crippen LogP contribution < -0.4 is 20.2 Å². The lowest BCUT2D eigenvalue weighted by atomic mass is 9.93. The summed E-state index contributed by atoms with van der Waals surface area (Å²) in [5, 5.41) is 6.27. The number of hydrogen-bond donors (Lipinski definition) is 0. The summed E-state index contributed by atoms with van der Waals surface area (Å²) in [4.78, 5) is 41.9. The number of hydrogen-bond acceptors (Lipinski definition) is 6. The van der Waals surface area contributed by atoms with Crippen LogP contribution in [0.25, 0.3) is 30.7 Å². The molecule has 1 aromatic carbocycles. The smallest absolute Gasteiger partial charge is 0.260 e. The zero-order valence-electron chi connectivity index (χ0n) is 42.8. The Morgan fingerprint density at radius 1 is 0.412 bits per heavy atom. The molecule has 2 atom stereocenters. The zero-order valence-corrected chi connectivity index (χ0v) is 46.1. The highest BCUT2D eigenvalue weighted by atomic mass is 32.1. The van der Waals surface area contributed by atoms with Crippen molar-refractivity contribution in [1.29, 1.82) is 0 Å². The third kappa shape index (κ3) is 14.4. The number of rotatable bonds is 32. The zero-order chi connectivity index (χ0) is 48.1. The maximum absolute atomic E-state index is 15.4. The molecule has 4 nitrogen and oxygen atoms in total. The van der Waals surface area contributed by atoms with E-state index in [9.17, 15) is 0 Å². The van der Waals surface area contributed by atoms with Crippen LogP contribution in [-0.4, -0.2) is 24.9 Å². The van der Waals surface area contributed by atoms with Crippen molar-refractivity contribution < 1.29 is 9.59 Å². The number of benzene rings is 1. The second-order valence-electron chi connectivity index (χ2n) is 19.3. The number of carbonyl (C=O) groups is 2. The van der Waals surface area contributed by atoms with Gasteiger partial charge in [-0.25, -0.2) is 0 Å². The first kappa shape index (κ1) is 54.0. The summed E-state index contributed by atoms with van der Waals surface area (Å²) in [6.07, 6.45) is 29.9. The molecule has 0 N–H and O–H groups in total. The summed E-state index contributed by atoms with van der Waals surface area (Å²) in [6, 6.07) is 21.9. The van der Waals surface area contributed by atoms with E-state index in [-0.39, 0.29) is 11.8 Å². The van der Waals surface area contributed by atoms with Crippen molar-refractivity contribution in [2.45, 2.75) is 196 Å². The van der Waals surface area contributed by atoms with E-state index in [1.165, 1.54) is 148 Å². The molecule has 0 radical (unpaired) electrons. The van der Waals surface area contributed by atoms with Crippen molar-refractivity contribution in [3.05, 3.63) is 91.6 Å². The van der Waals surface area contributed by atoms with E-state index in [2.05, 4.69) is 109 Å². The SMILES string of the molecule is CC.CCCCCCCCC(CCCCCC)CN1C(=O)C(c2ccc(-c3cccs3)s2)=c2cc3c(cc21)=C(c1ccc(-c2cccs2)s1)C(=O)N3CC(CCCCCC)CCCCCCCC. The molecular formula is C60H84N2O2S4. The van der Waals surface area contributed by atoms with Gasteiger partial charge in [0.1, 0.15) is 0 Å². The maximum atomic E-state index is 15.4. The van der Waals surface area contributed by atoms with Crippen molar-refractivity contribution in [2.24, 2.45) is 11.8 Å². The van der Waals surface area contributed by atoms with Gasteiger partial charge in [-0.05, 0) is 96.8 Å². The fraction of sp³-hybridized carbons (Fsp3) is 0.567. The Morgan fingerprint density at radius 3 is 1.07 bits per heavy atom. The molecule has 0 fully saturated rings. The highest BCUT2D eigenvalue weighted by molar-refractivity contribution is 7.22. The Bertz CT molecular complexity index is 2200. The van der Waals surface area contributed by atoms with E-state index >= 15 is 9.59 Å². The number of thiophene rings is 4. The molecule has 6 heterocycles. The highest BCUT2D eigenvalue weighted by Crippen LogP contribution is 2.40. The second kappa shape index (κ2) is 29.1. The normalized spacial score (nSPS) is 14.2. The Hall–Kier alpha value is -3.30. The number of carbonyl (C=O) groups excluding carboxylic acids is 2. The van der Waals surface area contributed by atoms with Gasteiger partial charge >= 0.3 is 0 Å². The van der Waals surface area contributed by atoms with E-state index in [1.54, 1.807) is 45.3 Å². The van der Waals surface area contributed by atoms with Gasteiger partial charge in [-0.3, -0.25) is 9.59 Å². The molecule has 0 saturated carbocycles. The number of fused-ring (bicyclic) bond motifs is 2. The van der Waals surface area contributed by atoms with Gasteiger partial charge in [-0.1, -0.05) is 182 Å². The van der Waals surface area contributed by atoms with E-state index in [0.29, 0.717) is 11.8 Å². The lowest BCUT2D eigenvalue weighted by Crippen LogP contribution is -2.35. The van der Waals surface area contributed by atoms with Gasteiger partial charge in [0.2, 0.25) is 0 Å². The van der Waals surface area contributed by atoms with Crippen LogP contribution in [0.2, 0.25) is 0 Å². The predicted molar refractivity (Wildman–Crippen MR) is 303 cm³/mol. The number of amides is 2. The fourth-order valence-corrected chi connectivity index (χ4v) is 14.1. The molecule has 5 aromatic rings. The van der Waals surface area contributed by atoms with Gasteiger partial charge in [0.15, 0.2) is 0 Å². The average Bonchev–Trinajstić information content (AvgIpc) is 4.23. The summed E-state index contributed by atoms with van der Waals surface area (Å²) >= 11 is 6.97. The summed E-state index contributed by atoms with van der Waals surface area (Å²) in [5.41, 5.74) is 3.61. The first-order chi connectivity index (χ1) is 33.4. The molecule has 0 aliphatic carbocycles. The molecule has 2 unspecified atom stereocenters. The third-order valence-electron chi connectivity index (χ3n) is 14.1. The molecule has 0 bridgehead atoms. The summed E-state index contributed by atoms with van der Waals surface area (Å²) in [5.74, 6) is 1.12. The van der Waals surface area contributed by atoms with Gasteiger partial charge < -0.3 is 9.80 Å². The van der Waals surface area contributed by atoms with E-state index in [0.717, 1.165) is 81.5 Å². The maximum Gasteiger partial charge on any atom is 0.260 e. The Morgan fingerprint density at radius 2 is 0.735 bits per heavy atom. The monoisotopic (exact) mass is 993 g/mol. The summed E-state index contributed by atoms with van der Waals surface area (Å²) in [6.45, 7) is 14.6. The van der Waals surface area contributed by atoms with E-state index in [4.69, 9.17) is 0 Å². The molecule has 2 amide bonds. The van der Waals surface area contributed by atoms with Crippen molar-refractivity contribution >= 4 is 79.7 Å². The number of nitrogens with zero attached hydrogens (tertiary/aromatic N) is 2. The molecule has 4 aromatic heterocycles. The Labute approximate surface area is 428 Å². The van der Waals surface area contributed by atoms with Gasteiger partial charge in [0.25, 0.3) is 11.8 Å². The Balaban J connectivity index is 0.00000376. The van der Waals surface area contributed by atoms with Crippen LogP contribution >= 0.6 is 45.3 Å². The molecule has 2 aliphatic rings. The van der Waals surface area contributed by atoms with Gasteiger partial charge in [-0.15, -0.1) is 45.3 Å². The molecule has 370 valence electrons. The lowest BCUT2D eigenvalue weighted by molar-refractivity contribution is -0.114. The standard InChI is InChI=1S/C58H78N2O2S4.C2H6/c1-5-9-13-17-19-23-29-43(27-21-15-11-7-3)41-59-47-39-46-48(40-45(47)55(57(59)61)53-35-33-51(65-53)49-31-25-37-63-49)60(42-44(28-22-16-12-8-4)30-24-20-18-14-10-6-2)58(62)56(46)54-36-34-52(66-54)50-32-26-38-64-50;1-2/h25-26,31-40,43-44H,5-24,27-30,41-42H2,1-4H3;1-2H3. The van der Waals surface area contributed by atoms with Crippen molar-refractivity contribution in [3.63, 3.8) is 0 Å². The molecule has 7 rings (SSSR count). The molecular weight excluding hydrogens is 909 g/mol. The van der Waals surface area contributed by atoms with Crippen LogP contribution in [0.5, 0.6) is 0 Å². The van der Waals surface area contributed by atoms with E-state index < -0.39 is 0 Å². The topological polar surface area (TPSA) is 40.6 Å². The van der Waals surface area contributed by atoms with Crippen LogP contribution in [0, 0.1) is 11.8 Å². The van der Waals surface area contributed by atoms with Crippen molar-refractivity contribution in [3.8, 4) is 19.5 Å². The van der Waals surface area contributed by atoms with Gasteiger partial charge in [-0.2, -0.15) is 0 Å². The lowest BCUT2D eigenvalue weighted by Gasteiger charge is -2.27. The fourth-order valence-electron chi connectivity index (χ4n) is 10.3. The van der Waals surface area contributed by atoms with Crippen LogP contribution in [0.1, 0.15) is 205 Å². The molecule has 0 spiro atoms. The second-order valence-corrected chi connectivity index (χ2v) is 23.4. The third-order valence-corrected chi connectivity index (χ3v) is 18.5. The van der Waals surface area contributed by atoms with Crippen LogP contribution in [-0.2, 0) is 9.59 Å². The highest BCUT2D eigenvalue weighted by Gasteiger charge is 2.38. The summed E-state index contributed by atoms with van der Waals surface area (Å²) < 4.78 is 0. The average molecular weight is 994 g/mol. The minimum Gasteiger partial charge on any atom is -0.307 e. The first-order valence-corrected chi connectivity index (χ1v) is 30.7. The number of unbranched alkanes of at least 4 members (excludes halogenated alkanes) is 16. The minimum absolute atomic E-state index is 0.127.